The molecule has 6 nitrogen and oxygen atoms in total. The van der Waals surface area contributed by atoms with Crippen LogP contribution in [0.1, 0.15) is 85.1 Å². The van der Waals surface area contributed by atoms with E-state index in [4.69, 9.17) is 14.2 Å². The zero-order valence-electron chi connectivity index (χ0n) is 23.7. The van der Waals surface area contributed by atoms with Crippen molar-refractivity contribution in [2.45, 2.75) is 79.6 Å². The molecule has 0 aromatic heterocycles. The first-order valence-electron chi connectivity index (χ1n) is 13.7. The molecular weight excluding hydrogens is 466 g/mol. The molecule has 0 unspecified atom stereocenters. The Morgan fingerprint density at radius 3 is 1.89 bits per heavy atom. The van der Waals surface area contributed by atoms with Gasteiger partial charge in [0.25, 0.3) is 0 Å². The number of carbonyl (C=O) groups is 2. The Balaban J connectivity index is 1.94. The molecule has 0 N–H and O–H groups in total. The molecule has 1 aromatic rings. The van der Waals surface area contributed by atoms with Crippen LogP contribution < -0.4 is 9.47 Å². The summed E-state index contributed by atoms with van der Waals surface area (Å²) in [5, 5.41) is 0. The topological polar surface area (TPSA) is 65.1 Å². The Morgan fingerprint density at radius 1 is 0.838 bits per heavy atom. The van der Waals surface area contributed by atoms with E-state index in [9.17, 15) is 9.59 Å². The molecule has 3 aliphatic rings. The van der Waals surface area contributed by atoms with Gasteiger partial charge in [0.05, 0.1) is 13.2 Å². The molecule has 2 aliphatic carbocycles. The molecule has 0 bridgehead atoms. The Kier molecular flexibility index (Phi) is 7.89. The summed E-state index contributed by atoms with van der Waals surface area (Å²) in [6.07, 6.45) is 3.39. The molecule has 0 saturated heterocycles. The quantitative estimate of drug-likeness (QED) is 0.369. The van der Waals surface area contributed by atoms with Gasteiger partial charge in [0.2, 0.25) is 0 Å². The fraction of sp³-hybridized carbons (Fsp3) is 0.613. The molecule has 0 atom stereocenters. The zero-order chi connectivity index (χ0) is 27.0. The van der Waals surface area contributed by atoms with Crippen LogP contribution in [0.2, 0.25) is 0 Å². The van der Waals surface area contributed by atoms with E-state index in [2.05, 4.69) is 32.6 Å². The van der Waals surface area contributed by atoms with Crippen LogP contribution in [0.15, 0.2) is 40.7 Å². The molecular formula is C31H43NO5. The number of ether oxygens (including phenoxy) is 3. The summed E-state index contributed by atoms with van der Waals surface area (Å²) in [6.45, 7) is 15.0. The van der Waals surface area contributed by atoms with Gasteiger partial charge in [-0.3, -0.25) is 9.59 Å². The van der Waals surface area contributed by atoms with Gasteiger partial charge in [0.1, 0.15) is 0 Å². The second-order valence-electron chi connectivity index (χ2n) is 12.1. The third-order valence-electron chi connectivity index (χ3n) is 7.65. The largest absolute Gasteiger partial charge is 0.490 e. The van der Waals surface area contributed by atoms with Crippen LogP contribution >= 0.6 is 0 Å². The van der Waals surface area contributed by atoms with Crippen LogP contribution in [0, 0.1) is 10.8 Å². The van der Waals surface area contributed by atoms with Gasteiger partial charge in [-0.15, -0.1) is 0 Å². The SMILES string of the molecule is CCOc1ccc(C2C3=C(CC(C)(C)CC3=O)N(CCCOC)C3=C2C(=O)CC(C)(C)C3)cc1OCC. The lowest BCUT2D eigenvalue weighted by atomic mass is 9.63. The summed E-state index contributed by atoms with van der Waals surface area (Å²) in [5.41, 5.74) is 4.38. The summed E-state index contributed by atoms with van der Waals surface area (Å²) < 4.78 is 17.1. The van der Waals surface area contributed by atoms with E-state index in [1.807, 2.05) is 32.0 Å². The molecule has 6 heteroatoms. The zero-order valence-corrected chi connectivity index (χ0v) is 23.7. The molecule has 0 spiro atoms. The van der Waals surface area contributed by atoms with Crippen LogP contribution in [0.3, 0.4) is 0 Å². The Hall–Kier alpha value is -2.60. The van der Waals surface area contributed by atoms with Gasteiger partial charge < -0.3 is 19.1 Å². The third kappa shape index (κ3) is 5.50. The van der Waals surface area contributed by atoms with Gasteiger partial charge in [-0.05, 0) is 61.6 Å². The van der Waals surface area contributed by atoms with Gasteiger partial charge in [-0.2, -0.15) is 0 Å². The summed E-state index contributed by atoms with van der Waals surface area (Å²) in [7, 11) is 1.71. The molecule has 4 rings (SSSR count). The van der Waals surface area contributed by atoms with Crippen molar-refractivity contribution >= 4 is 11.6 Å². The molecule has 0 fully saturated rings. The van der Waals surface area contributed by atoms with Crippen LogP contribution in [0.4, 0.5) is 0 Å². The van der Waals surface area contributed by atoms with E-state index < -0.39 is 0 Å². The summed E-state index contributed by atoms with van der Waals surface area (Å²) in [6, 6.07) is 5.91. The first-order valence-corrected chi connectivity index (χ1v) is 13.7. The van der Waals surface area contributed by atoms with Crippen molar-refractivity contribution in [2.24, 2.45) is 10.8 Å². The van der Waals surface area contributed by atoms with Crippen LogP contribution in [-0.4, -0.2) is 49.9 Å². The van der Waals surface area contributed by atoms with E-state index in [1.165, 1.54) is 0 Å². The number of ketones is 2. The lowest BCUT2D eigenvalue weighted by Crippen LogP contribution is -2.44. The average Bonchev–Trinajstić information content (AvgIpc) is 2.79. The summed E-state index contributed by atoms with van der Waals surface area (Å²) in [5.74, 6) is 1.24. The van der Waals surface area contributed by atoms with E-state index in [1.54, 1.807) is 7.11 Å². The van der Waals surface area contributed by atoms with Crippen molar-refractivity contribution in [1.82, 2.24) is 4.90 Å². The number of rotatable bonds is 9. The number of nitrogens with zero attached hydrogens (tertiary/aromatic N) is 1. The first kappa shape index (κ1) is 27.4. The number of methoxy groups -OCH3 is 1. The highest BCUT2D eigenvalue weighted by molar-refractivity contribution is 6.06. The van der Waals surface area contributed by atoms with Gasteiger partial charge >= 0.3 is 0 Å². The predicted molar refractivity (Wildman–Crippen MR) is 145 cm³/mol. The van der Waals surface area contributed by atoms with Crippen molar-refractivity contribution in [2.75, 3.05) is 33.5 Å². The van der Waals surface area contributed by atoms with E-state index in [-0.39, 0.29) is 28.3 Å². The number of benzene rings is 1. The van der Waals surface area contributed by atoms with Gasteiger partial charge in [0.15, 0.2) is 23.1 Å². The van der Waals surface area contributed by atoms with Gasteiger partial charge in [-0.1, -0.05) is 33.8 Å². The highest BCUT2D eigenvalue weighted by Crippen LogP contribution is 2.55. The predicted octanol–water partition coefficient (Wildman–Crippen LogP) is 6.21. The second-order valence-corrected chi connectivity index (χ2v) is 12.1. The molecule has 202 valence electrons. The number of Topliss-reactive ketones (excluding diaryl/α,β-unsaturated/α-hetero) is 2. The van der Waals surface area contributed by atoms with Crippen LogP contribution in [0.25, 0.3) is 0 Å². The van der Waals surface area contributed by atoms with Crippen molar-refractivity contribution in [1.29, 1.82) is 0 Å². The normalized spacial score (nSPS) is 21.2. The number of carbonyl (C=O) groups excluding carboxylic acids is 2. The van der Waals surface area contributed by atoms with Crippen molar-refractivity contribution in [3.05, 3.63) is 46.3 Å². The van der Waals surface area contributed by atoms with Crippen LogP contribution in [-0.2, 0) is 14.3 Å². The van der Waals surface area contributed by atoms with E-state index in [0.29, 0.717) is 44.2 Å². The van der Waals surface area contributed by atoms with Crippen molar-refractivity contribution in [3.63, 3.8) is 0 Å². The maximum atomic E-state index is 13.9. The van der Waals surface area contributed by atoms with Gasteiger partial charge in [0, 0.05) is 61.6 Å². The van der Waals surface area contributed by atoms with Crippen LogP contribution in [0.5, 0.6) is 11.5 Å². The highest BCUT2D eigenvalue weighted by atomic mass is 16.5. The van der Waals surface area contributed by atoms with Crippen molar-refractivity contribution < 1.29 is 23.8 Å². The maximum absolute atomic E-state index is 13.9. The minimum Gasteiger partial charge on any atom is -0.490 e. The Bertz CT molecular complexity index is 1070. The molecule has 0 amide bonds. The number of hydrogen-bond acceptors (Lipinski definition) is 6. The first-order chi connectivity index (χ1) is 17.5. The lowest BCUT2D eigenvalue weighted by molar-refractivity contribution is -0.119. The summed E-state index contributed by atoms with van der Waals surface area (Å²) >= 11 is 0. The Morgan fingerprint density at radius 2 is 1.38 bits per heavy atom. The summed E-state index contributed by atoms with van der Waals surface area (Å²) in [4.78, 5) is 30.1. The molecule has 0 radical (unpaired) electrons. The minimum atomic E-state index is -0.384. The fourth-order valence-corrected chi connectivity index (χ4v) is 6.27. The standard InChI is InChI=1S/C31H43NO5/c1-8-36-25-12-11-20(15-26(25)37-9-2)27-28-21(16-30(3,4)18-23(28)33)32(13-10-14-35-7)22-17-31(5,6)19-24(34)29(22)27/h11-12,15,27H,8-10,13-14,16-19H2,1-7H3. The maximum Gasteiger partial charge on any atom is 0.162 e. The van der Waals surface area contributed by atoms with E-state index in [0.717, 1.165) is 53.9 Å². The third-order valence-corrected chi connectivity index (χ3v) is 7.65. The number of hydrogen-bond donors (Lipinski definition) is 0. The minimum absolute atomic E-state index is 0.137. The molecule has 1 aromatic carbocycles. The molecule has 37 heavy (non-hydrogen) atoms. The second kappa shape index (κ2) is 10.6. The number of allylic oxidation sites excluding steroid dienone is 4. The fourth-order valence-electron chi connectivity index (χ4n) is 6.27. The highest BCUT2D eigenvalue weighted by Gasteiger charge is 2.48. The average molecular weight is 510 g/mol. The molecule has 0 saturated carbocycles. The van der Waals surface area contributed by atoms with Crippen molar-refractivity contribution in [3.8, 4) is 11.5 Å². The van der Waals surface area contributed by atoms with E-state index >= 15 is 0 Å². The molecule has 1 heterocycles. The van der Waals surface area contributed by atoms with Gasteiger partial charge in [-0.25, -0.2) is 0 Å². The lowest BCUT2D eigenvalue weighted by Gasteiger charge is -2.49. The smallest absolute Gasteiger partial charge is 0.162 e. The monoisotopic (exact) mass is 509 g/mol. The Labute approximate surface area is 222 Å². The molecule has 1 aliphatic heterocycles.